The SMILES string of the molecule is O=C(NCc1ccccc1N1CCOCC1)C1=CN2CCS(=O)(=O)N=C2C=C1. The number of rotatable bonds is 4. The van der Waals surface area contributed by atoms with Crippen molar-refractivity contribution in [2.75, 3.05) is 43.5 Å². The number of amides is 1. The van der Waals surface area contributed by atoms with Crippen LogP contribution in [-0.2, 0) is 26.1 Å². The average Bonchev–Trinajstić information content (AvgIpc) is 2.72. The lowest BCUT2D eigenvalue weighted by Crippen LogP contribution is -2.38. The maximum Gasteiger partial charge on any atom is 0.256 e. The molecule has 0 saturated carbocycles. The Morgan fingerprint density at radius 1 is 1.14 bits per heavy atom. The molecule has 3 heterocycles. The van der Waals surface area contributed by atoms with Gasteiger partial charge in [0.1, 0.15) is 5.84 Å². The molecule has 0 bridgehead atoms. The molecule has 1 fully saturated rings. The first-order chi connectivity index (χ1) is 13.5. The summed E-state index contributed by atoms with van der Waals surface area (Å²) in [6, 6.07) is 8.02. The predicted molar refractivity (Wildman–Crippen MR) is 106 cm³/mol. The molecule has 0 aliphatic carbocycles. The highest BCUT2D eigenvalue weighted by Gasteiger charge is 2.25. The standard InChI is InChI=1S/C19H22N4O4S/c24-19(16-5-6-18-21-28(25,26)12-9-23(18)14-16)20-13-15-3-1-2-4-17(15)22-7-10-27-11-8-22/h1-6,14H,7-13H2,(H,20,24). The topological polar surface area (TPSA) is 91.3 Å². The number of hydrogen-bond acceptors (Lipinski definition) is 6. The monoisotopic (exact) mass is 402 g/mol. The van der Waals surface area contributed by atoms with Crippen molar-refractivity contribution in [3.05, 3.63) is 53.8 Å². The van der Waals surface area contributed by atoms with E-state index in [1.807, 2.05) is 18.2 Å². The number of morpholine rings is 1. The highest BCUT2D eigenvalue weighted by molar-refractivity contribution is 7.90. The number of fused-ring (bicyclic) bond motifs is 1. The van der Waals surface area contributed by atoms with Crippen LogP contribution in [0.5, 0.6) is 0 Å². The van der Waals surface area contributed by atoms with Crippen LogP contribution < -0.4 is 10.2 Å². The van der Waals surface area contributed by atoms with E-state index in [1.165, 1.54) is 0 Å². The van der Waals surface area contributed by atoms with Crippen LogP contribution in [0.15, 0.2) is 52.6 Å². The third kappa shape index (κ3) is 4.10. The molecule has 3 aliphatic heterocycles. The fourth-order valence-corrected chi connectivity index (χ4v) is 4.36. The number of hydrogen-bond donors (Lipinski definition) is 1. The minimum absolute atomic E-state index is 0.0529. The molecule has 1 aromatic carbocycles. The van der Waals surface area contributed by atoms with E-state index in [2.05, 4.69) is 20.7 Å². The van der Waals surface area contributed by atoms with Gasteiger partial charge in [-0.05, 0) is 23.8 Å². The smallest absolute Gasteiger partial charge is 0.256 e. The largest absolute Gasteiger partial charge is 0.378 e. The van der Waals surface area contributed by atoms with Crippen molar-refractivity contribution < 1.29 is 17.9 Å². The molecule has 0 aromatic heterocycles. The minimum Gasteiger partial charge on any atom is -0.378 e. The van der Waals surface area contributed by atoms with Gasteiger partial charge in [0.25, 0.3) is 15.9 Å². The van der Waals surface area contributed by atoms with Crippen molar-refractivity contribution in [2.24, 2.45) is 4.40 Å². The zero-order valence-electron chi connectivity index (χ0n) is 15.4. The number of nitrogens with zero attached hydrogens (tertiary/aromatic N) is 3. The van der Waals surface area contributed by atoms with Gasteiger partial charge in [0.05, 0.1) is 24.5 Å². The van der Waals surface area contributed by atoms with Crippen molar-refractivity contribution in [1.82, 2.24) is 10.2 Å². The van der Waals surface area contributed by atoms with Gasteiger partial charge in [0, 0.05) is 38.1 Å². The summed E-state index contributed by atoms with van der Waals surface area (Å²) in [6.45, 7) is 3.77. The van der Waals surface area contributed by atoms with E-state index in [0.29, 0.717) is 37.7 Å². The molecule has 4 rings (SSSR count). The maximum absolute atomic E-state index is 12.6. The Morgan fingerprint density at radius 2 is 1.93 bits per heavy atom. The van der Waals surface area contributed by atoms with Gasteiger partial charge in [-0.25, -0.2) is 8.42 Å². The Hall–Kier alpha value is -2.65. The molecule has 3 aliphatic rings. The van der Waals surface area contributed by atoms with Crippen LogP contribution in [0.2, 0.25) is 0 Å². The van der Waals surface area contributed by atoms with Crippen molar-refractivity contribution in [2.45, 2.75) is 6.54 Å². The number of benzene rings is 1. The molecule has 28 heavy (non-hydrogen) atoms. The minimum atomic E-state index is -3.40. The summed E-state index contributed by atoms with van der Waals surface area (Å²) in [4.78, 5) is 16.6. The molecular formula is C19H22N4O4S. The van der Waals surface area contributed by atoms with Gasteiger partial charge in [0.2, 0.25) is 0 Å². The molecule has 0 atom stereocenters. The second-order valence-corrected chi connectivity index (χ2v) is 8.51. The van der Waals surface area contributed by atoms with E-state index in [4.69, 9.17) is 4.74 Å². The van der Waals surface area contributed by atoms with Crippen molar-refractivity contribution >= 4 is 27.5 Å². The summed E-state index contributed by atoms with van der Waals surface area (Å²) in [5, 5.41) is 2.96. The van der Waals surface area contributed by atoms with E-state index in [1.54, 1.807) is 23.3 Å². The van der Waals surface area contributed by atoms with E-state index in [9.17, 15) is 13.2 Å². The lowest BCUT2D eigenvalue weighted by Gasteiger charge is -2.30. The maximum atomic E-state index is 12.6. The van der Waals surface area contributed by atoms with E-state index >= 15 is 0 Å². The first-order valence-corrected chi connectivity index (χ1v) is 10.8. The van der Waals surface area contributed by atoms with Gasteiger partial charge >= 0.3 is 0 Å². The predicted octanol–water partition coefficient (Wildman–Crippen LogP) is 0.637. The van der Waals surface area contributed by atoms with Gasteiger partial charge in [-0.2, -0.15) is 0 Å². The fraction of sp³-hybridized carbons (Fsp3) is 0.368. The Bertz CT molecular complexity index is 962. The first-order valence-electron chi connectivity index (χ1n) is 9.20. The van der Waals surface area contributed by atoms with Crippen molar-refractivity contribution in [1.29, 1.82) is 0 Å². The highest BCUT2D eigenvalue weighted by atomic mass is 32.2. The lowest BCUT2D eigenvalue weighted by molar-refractivity contribution is -0.117. The van der Waals surface area contributed by atoms with Crippen LogP contribution in [0, 0.1) is 0 Å². The third-order valence-electron chi connectivity index (χ3n) is 4.87. The number of ether oxygens (including phenoxy) is 1. The second kappa shape index (κ2) is 7.76. The molecule has 0 unspecified atom stereocenters. The van der Waals surface area contributed by atoms with Gasteiger partial charge < -0.3 is 19.9 Å². The summed E-state index contributed by atoms with van der Waals surface area (Å²) in [5.74, 6) is 0.0869. The summed E-state index contributed by atoms with van der Waals surface area (Å²) in [6.07, 6.45) is 4.81. The number of anilines is 1. The molecule has 1 amide bonds. The summed E-state index contributed by atoms with van der Waals surface area (Å²) in [5.41, 5.74) is 2.63. The number of amidine groups is 1. The van der Waals surface area contributed by atoms with Crippen LogP contribution >= 0.6 is 0 Å². The van der Waals surface area contributed by atoms with Crippen LogP contribution in [0.3, 0.4) is 0 Å². The molecule has 1 aromatic rings. The third-order valence-corrected chi connectivity index (χ3v) is 6.03. The Balaban J connectivity index is 1.43. The quantitative estimate of drug-likeness (QED) is 0.795. The number of carbonyl (C=O) groups excluding carboxylic acids is 1. The van der Waals surface area contributed by atoms with Crippen molar-refractivity contribution in [3.63, 3.8) is 0 Å². The van der Waals surface area contributed by atoms with Crippen LogP contribution in [-0.4, -0.2) is 63.7 Å². The molecule has 8 nitrogen and oxygen atoms in total. The van der Waals surface area contributed by atoms with Crippen LogP contribution in [0.25, 0.3) is 0 Å². The summed E-state index contributed by atoms with van der Waals surface area (Å²) in [7, 11) is -3.40. The van der Waals surface area contributed by atoms with Gasteiger partial charge in [-0.1, -0.05) is 18.2 Å². The van der Waals surface area contributed by atoms with Crippen molar-refractivity contribution in [3.8, 4) is 0 Å². The summed E-state index contributed by atoms with van der Waals surface area (Å²) >= 11 is 0. The zero-order chi connectivity index (χ0) is 19.6. The number of nitrogens with one attached hydrogen (secondary N) is 1. The summed E-state index contributed by atoms with van der Waals surface area (Å²) < 4.78 is 32.3. The van der Waals surface area contributed by atoms with Crippen LogP contribution in [0.1, 0.15) is 5.56 Å². The normalized spacial score (nSPS) is 20.9. The van der Waals surface area contributed by atoms with Gasteiger partial charge in [-0.3, -0.25) is 4.79 Å². The second-order valence-electron chi connectivity index (χ2n) is 6.76. The molecule has 0 radical (unpaired) electrons. The van der Waals surface area contributed by atoms with Crippen LogP contribution in [0.4, 0.5) is 5.69 Å². The van der Waals surface area contributed by atoms with E-state index in [-0.39, 0.29) is 11.7 Å². The average molecular weight is 402 g/mol. The van der Waals surface area contributed by atoms with E-state index in [0.717, 1.165) is 24.3 Å². The Morgan fingerprint density at radius 3 is 2.75 bits per heavy atom. The number of sulfonamides is 1. The number of para-hydroxylation sites is 1. The molecule has 9 heteroatoms. The highest BCUT2D eigenvalue weighted by Crippen LogP contribution is 2.22. The molecule has 148 valence electrons. The molecule has 0 spiro atoms. The Labute approximate surface area is 164 Å². The number of carbonyl (C=O) groups is 1. The molecular weight excluding hydrogens is 380 g/mol. The lowest BCUT2D eigenvalue weighted by atomic mass is 10.1. The van der Waals surface area contributed by atoms with Gasteiger partial charge in [0.15, 0.2) is 0 Å². The molecule has 1 N–H and O–H groups in total. The fourth-order valence-electron chi connectivity index (χ4n) is 3.39. The zero-order valence-corrected chi connectivity index (χ0v) is 16.2. The van der Waals surface area contributed by atoms with Gasteiger partial charge in [-0.15, -0.1) is 4.40 Å². The Kier molecular flexibility index (Phi) is 5.19. The first kappa shape index (κ1) is 18.7. The molecule has 1 saturated heterocycles. The van der Waals surface area contributed by atoms with E-state index < -0.39 is 10.0 Å².